The molecule has 0 saturated carbocycles. The Bertz CT molecular complexity index is 636. The maximum atomic E-state index is 13.4. The van der Waals surface area contributed by atoms with Crippen LogP contribution in [0.4, 0.5) is 8.78 Å². The molecule has 0 radical (unpaired) electrons. The molecule has 0 atom stereocenters. The molecular weight excluding hydrogens is 276 g/mol. The number of hydrogen-bond donors (Lipinski definition) is 2. The van der Waals surface area contributed by atoms with E-state index in [1.54, 1.807) is 6.20 Å². The molecule has 1 aromatic carbocycles. The third-order valence-corrected chi connectivity index (χ3v) is 3.91. The van der Waals surface area contributed by atoms with Crippen LogP contribution >= 0.6 is 0 Å². The number of rotatable bonds is 5. The van der Waals surface area contributed by atoms with E-state index < -0.39 is 26.6 Å². The Morgan fingerprint density at radius 3 is 2.53 bits per heavy atom. The van der Waals surface area contributed by atoms with Crippen LogP contribution in [0.1, 0.15) is 5.82 Å². The molecular formula is C11H11F2N3O2S. The van der Waals surface area contributed by atoms with Crippen LogP contribution < -0.4 is 4.72 Å². The molecule has 0 bridgehead atoms. The molecule has 0 aliphatic heterocycles. The third-order valence-electron chi connectivity index (χ3n) is 2.40. The summed E-state index contributed by atoms with van der Waals surface area (Å²) < 4.78 is 52.4. The number of benzene rings is 1. The standard InChI is InChI=1S/C11H11F2N3O2S/c12-8-2-1-3-9(13)11(8)19(17,18)16-5-4-10-14-6-7-15-10/h1-3,6-7,16H,4-5H2,(H,14,15). The highest BCUT2D eigenvalue weighted by Crippen LogP contribution is 2.17. The summed E-state index contributed by atoms with van der Waals surface area (Å²) in [6, 6.07) is 2.89. The predicted octanol–water partition coefficient (Wildman–Crippen LogP) is 1.21. The molecule has 1 aromatic heterocycles. The van der Waals surface area contributed by atoms with Crippen LogP contribution in [0.5, 0.6) is 0 Å². The van der Waals surface area contributed by atoms with Crippen LogP contribution in [0.3, 0.4) is 0 Å². The number of sulfonamides is 1. The Balaban J connectivity index is 2.10. The lowest BCUT2D eigenvalue weighted by Crippen LogP contribution is -2.28. The van der Waals surface area contributed by atoms with E-state index >= 15 is 0 Å². The van der Waals surface area contributed by atoms with Crippen molar-refractivity contribution in [1.82, 2.24) is 14.7 Å². The summed E-state index contributed by atoms with van der Waals surface area (Å²) >= 11 is 0. The van der Waals surface area contributed by atoms with Crippen molar-refractivity contribution < 1.29 is 17.2 Å². The quantitative estimate of drug-likeness (QED) is 0.868. The van der Waals surface area contributed by atoms with Gasteiger partial charge in [0.05, 0.1) is 0 Å². The number of aromatic amines is 1. The van der Waals surface area contributed by atoms with Gasteiger partial charge in [0, 0.05) is 25.4 Å². The highest BCUT2D eigenvalue weighted by atomic mass is 32.2. The minimum Gasteiger partial charge on any atom is -0.349 e. The van der Waals surface area contributed by atoms with Gasteiger partial charge in [0.15, 0.2) is 4.90 Å². The van der Waals surface area contributed by atoms with E-state index in [1.807, 2.05) is 0 Å². The largest absolute Gasteiger partial charge is 0.349 e. The first-order valence-electron chi connectivity index (χ1n) is 5.42. The first-order valence-corrected chi connectivity index (χ1v) is 6.91. The van der Waals surface area contributed by atoms with Gasteiger partial charge in [-0.2, -0.15) is 0 Å². The van der Waals surface area contributed by atoms with Crippen LogP contribution in [-0.2, 0) is 16.4 Å². The second-order valence-electron chi connectivity index (χ2n) is 3.73. The first kappa shape index (κ1) is 13.6. The molecule has 0 saturated heterocycles. The van der Waals surface area contributed by atoms with E-state index in [4.69, 9.17) is 0 Å². The van der Waals surface area contributed by atoms with Gasteiger partial charge in [-0.05, 0) is 12.1 Å². The van der Waals surface area contributed by atoms with Crippen molar-refractivity contribution in [3.8, 4) is 0 Å². The summed E-state index contributed by atoms with van der Waals surface area (Å²) in [5.74, 6) is -1.66. The normalized spacial score (nSPS) is 11.7. The molecule has 0 aliphatic carbocycles. The smallest absolute Gasteiger partial charge is 0.246 e. The maximum absolute atomic E-state index is 13.4. The Morgan fingerprint density at radius 2 is 1.95 bits per heavy atom. The summed E-state index contributed by atoms with van der Waals surface area (Å²) in [6.07, 6.45) is 3.42. The summed E-state index contributed by atoms with van der Waals surface area (Å²) in [7, 11) is -4.22. The number of nitrogens with zero attached hydrogens (tertiary/aromatic N) is 1. The van der Waals surface area contributed by atoms with Gasteiger partial charge < -0.3 is 4.98 Å². The van der Waals surface area contributed by atoms with E-state index in [9.17, 15) is 17.2 Å². The lowest BCUT2D eigenvalue weighted by atomic mass is 10.3. The van der Waals surface area contributed by atoms with Gasteiger partial charge in [0.1, 0.15) is 17.5 Å². The topological polar surface area (TPSA) is 74.8 Å². The summed E-state index contributed by atoms with van der Waals surface area (Å²) in [5, 5.41) is 0. The van der Waals surface area contributed by atoms with E-state index in [1.165, 1.54) is 6.20 Å². The zero-order chi connectivity index (χ0) is 13.9. The molecule has 0 spiro atoms. The van der Waals surface area contributed by atoms with Gasteiger partial charge in [-0.3, -0.25) is 0 Å². The SMILES string of the molecule is O=S(=O)(NCCc1ncc[nH]1)c1c(F)cccc1F. The average Bonchev–Trinajstić information content (AvgIpc) is 2.81. The van der Waals surface area contributed by atoms with Crippen molar-refractivity contribution in [2.24, 2.45) is 0 Å². The van der Waals surface area contributed by atoms with Crippen LogP contribution in [-0.4, -0.2) is 24.9 Å². The highest BCUT2D eigenvalue weighted by molar-refractivity contribution is 7.89. The predicted molar refractivity (Wildman–Crippen MR) is 63.8 cm³/mol. The Hall–Kier alpha value is -1.80. The molecule has 8 heteroatoms. The van der Waals surface area contributed by atoms with Crippen molar-refractivity contribution in [3.05, 3.63) is 48.1 Å². The van der Waals surface area contributed by atoms with Crippen molar-refractivity contribution in [3.63, 3.8) is 0 Å². The van der Waals surface area contributed by atoms with Crippen molar-refractivity contribution in [2.45, 2.75) is 11.3 Å². The summed E-state index contributed by atoms with van der Waals surface area (Å²) in [6.45, 7) is -0.0103. The minimum absolute atomic E-state index is 0.0103. The van der Waals surface area contributed by atoms with Crippen LogP contribution in [0, 0.1) is 11.6 Å². The lowest BCUT2D eigenvalue weighted by Gasteiger charge is -2.07. The Labute approximate surface area is 108 Å². The maximum Gasteiger partial charge on any atom is 0.246 e. The molecule has 2 aromatic rings. The molecule has 0 aliphatic rings. The monoisotopic (exact) mass is 287 g/mol. The molecule has 0 fully saturated rings. The Morgan fingerprint density at radius 1 is 1.26 bits per heavy atom. The number of aromatic nitrogens is 2. The van der Waals surface area contributed by atoms with E-state index in [-0.39, 0.29) is 6.54 Å². The fraction of sp³-hybridized carbons (Fsp3) is 0.182. The highest BCUT2D eigenvalue weighted by Gasteiger charge is 2.23. The van der Waals surface area contributed by atoms with Crippen molar-refractivity contribution in [2.75, 3.05) is 6.54 Å². The zero-order valence-corrected chi connectivity index (χ0v) is 10.5. The van der Waals surface area contributed by atoms with Gasteiger partial charge in [0.25, 0.3) is 0 Å². The fourth-order valence-electron chi connectivity index (χ4n) is 1.55. The average molecular weight is 287 g/mol. The molecule has 2 N–H and O–H groups in total. The Kier molecular flexibility index (Phi) is 3.91. The van der Waals surface area contributed by atoms with Gasteiger partial charge in [-0.15, -0.1) is 0 Å². The lowest BCUT2D eigenvalue weighted by molar-refractivity contribution is 0.514. The molecule has 0 amide bonds. The number of hydrogen-bond acceptors (Lipinski definition) is 3. The van der Waals surface area contributed by atoms with Crippen LogP contribution in [0.2, 0.25) is 0 Å². The summed E-state index contributed by atoms with van der Waals surface area (Å²) in [5.41, 5.74) is 0. The molecule has 19 heavy (non-hydrogen) atoms. The molecule has 5 nitrogen and oxygen atoms in total. The summed E-state index contributed by atoms with van der Waals surface area (Å²) in [4.78, 5) is 5.73. The van der Waals surface area contributed by atoms with Gasteiger partial charge >= 0.3 is 0 Å². The van der Waals surface area contributed by atoms with Crippen LogP contribution in [0.15, 0.2) is 35.5 Å². The molecule has 102 valence electrons. The van der Waals surface area contributed by atoms with E-state index in [2.05, 4.69) is 14.7 Å². The number of halogens is 2. The van der Waals surface area contributed by atoms with E-state index in [0.717, 1.165) is 18.2 Å². The van der Waals surface area contributed by atoms with Gasteiger partial charge in [-0.25, -0.2) is 26.9 Å². The second-order valence-corrected chi connectivity index (χ2v) is 5.44. The van der Waals surface area contributed by atoms with Crippen molar-refractivity contribution >= 4 is 10.0 Å². The number of H-pyrrole nitrogens is 1. The van der Waals surface area contributed by atoms with Crippen LogP contribution in [0.25, 0.3) is 0 Å². The first-order chi connectivity index (χ1) is 9.00. The second kappa shape index (κ2) is 5.45. The third kappa shape index (κ3) is 3.15. The molecule has 0 unspecified atom stereocenters. The zero-order valence-electron chi connectivity index (χ0n) is 9.73. The number of nitrogens with one attached hydrogen (secondary N) is 2. The molecule has 2 rings (SSSR count). The fourth-order valence-corrected chi connectivity index (χ4v) is 2.71. The molecule has 1 heterocycles. The van der Waals surface area contributed by atoms with Gasteiger partial charge in [0.2, 0.25) is 10.0 Å². The minimum atomic E-state index is -4.22. The van der Waals surface area contributed by atoms with E-state index in [0.29, 0.717) is 12.2 Å². The van der Waals surface area contributed by atoms with Gasteiger partial charge in [-0.1, -0.05) is 6.07 Å². The number of imidazole rings is 1. The van der Waals surface area contributed by atoms with Crippen molar-refractivity contribution in [1.29, 1.82) is 0 Å².